The average molecular weight is 435 g/mol. The second kappa shape index (κ2) is 8.86. The molecule has 0 bridgehead atoms. The van der Waals surface area contributed by atoms with Crippen molar-refractivity contribution in [2.75, 3.05) is 37.7 Å². The molecule has 1 saturated heterocycles. The first-order valence-electron chi connectivity index (χ1n) is 11.5. The van der Waals surface area contributed by atoms with Crippen LogP contribution in [0.5, 0.6) is 0 Å². The molecule has 0 radical (unpaired) electrons. The summed E-state index contributed by atoms with van der Waals surface area (Å²) in [4.78, 5) is 26.1. The number of para-hydroxylation sites is 1. The van der Waals surface area contributed by atoms with Gasteiger partial charge in [-0.1, -0.05) is 12.1 Å². The maximum absolute atomic E-state index is 13.0. The second-order valence-corrected chi connectivity index (χ2v) is 8.80. The number of benzene rings is 1. The van der Waals surface area contributed by atoms with Crippen LogP contribution in [0.1, 0.15) is 43.3 Å². The lowest BCUT2D eigenvalue weighted by Gasteiger charge is -2.35. The number of hydrogen-bond donors (Lipinski definition) is 0. The summed E-state index contributed by atoms with van der Waals surface area (Å²) in [6, 6.07) is 8.38. The smallest absolute Gasteiger partial charge is 0.223 e. The van der Waals surface area contributed by atoms with Crippen molar-refractivity contribution in [2.45, 2.75) is 45.8 Å². The van der Waals surface area contributed by atoms with E-state index in [2.05, 4.69) is 39.5 Å². The predicted octanol–water partition coefficient (Wildman–Crippen LogP) is 2.76. The molecule has 0 aliphatic carbocycles. The van der Waals surface area contributed by atoms with Crippen molar-refractivity contribution >= 4 is 22.6 Å². The molecule has 0 saturated carbocycles. The van der Waals surface area contributed by atoms with E-state index in [4.69, 9.17) is 9.84 Å². The number of piperazine rings is 1. The van der Waals surface area contributed by atoms with Gasteiger partial charge in [0.05, 0.1) is 24.4 Å². The van der Waals surface area contributed by atoms with Crippen LogP contribution in [-0.2, 0) is 29.0 Å². The van der Waals surface area contributed by atoms with Crippen LogP contribution < -0.4 is 4.90 Å². The fourth-order valence-corrected chi connectivity index (χ4v) is 4.75. The van der Waals surface area contributed by atoms with E-state index in [0.717, 1.165) is 48.5 Å². The SMILES string of the molecule is CC(C)n1nc(CCC(=O)N2CCN(c3ncnc4ccccc34)CC2)c2c1CCOC2. The summed E-state index contributed by atoms with van der Waals surface area (Å²) in [5.41, 5.74) is 4.44. The van der Waals surface area contributed by atoms with Gasteiger partial charge < -0.3 is 14.5 Å². The van der Waals surface area contributed by atoms with Crippen molar-refractivity contribution in [3.63, 3.8) is 0 Å². The molecule has 5 rings (SSSR count). The van der Waals surface area contributed by atoms with Crippen molar-refractivity contribution in [2.24, 2.45) is 0 Å². The van der Waals surface area contributed by atoms with Gasteiger partial charge in [0.2, 0.25) is 5.91 Å². The first-order valence-corrected chi connectivity index (χ1v) is 11.5. The second-order valence-electron chi connectivity index (χ2n) is 8.80. The number of aromatic nitrogens is 4. The van der Waals surface area contributed by atoms with Crippen LogP contribution in [-0.4, -0.2) is 63.3 Å². The highest BCUT2D eigenvalue weighted by Crippen LogP contribution is 2.26. The maximum Gasteiger partial charge on any atom is 0.223 e. The van der Waals surface area contributed by atoms with Gasteiger partial charge in [-0.15, -0.1) is 0 Å². The van der Waals surface area contributed by atoms with E-state index in [0.29, 0.717) is 38.6 Å². The topological polar surface area (TPSA) is 76.4 Å². The lowest BCUT2D eigenvalue weighted by molar-refractivity contribution is -0.131. The standard InChI is InChI=1S/C24H30N6O2/c1-17(2)30-22-9-14-32-15-19(22)21(27-30)7-8-23(31)28-10-12-29(13-11-28)24-18-5-3-4-6-20(18)25-16-26-24/h3-6,16-17H,7-15H2,1-2H3. The summed E-state index contributed by atoms with van der Waals surface area (Å²) < 4.78 is 7.79. The van der Waals surface area contributed by atoms with Crippen LogP contribution in [0.15, 0.2) is 30.6 Å². The Morgan fingerprint density at radius 3 is 2.75 bits per heavy atom. The van der Waals surface area contributed by atoms with Crippen LogP contribution in [0.25, 0.3) is 10.9 Å². The highest BCUT2D eigenvalue weighted by atomic mass is 16.5. The largest absolute Gasteiger partial charge is 0.376 e. The van der Waals surface area contributed by atoms with E-state index >= 15 is 0 Å². The minimum Gasteiger partial charge on any atom is -0.376 e. The Morgan fingerprint density at radius 2 is 1.94 bits per heavy atom. The Hall–Kier alpha value is -3.00. The Bertz CT molecular complexity index is 1110. The summed E-state index contributed by atoms with van der Waals surface area (Å²) in [6.07, 6.45) is 3.67. The van der Waals surface area contributed by atoms with E-state index in [1.54, 1.807) is 6.33 Å². The van der Waals surface area contributed by atoms with Gasteiger partial charge in [-0.2, -0.15) is 5.10 Å². The van der Waals surface area contributed by atoms with Gasteiger partial charge >= 0.3 is 0 Å². The maximum atomic E-state index is 13.0. The number of rotatable bonds is 5. The Kier molecular flexibility index (Phi) is 5.78. The van der Waals surface area contributed by atoms with E-state index in [1.165, 1.54) is 11.3 Å². The molecule has 168 valence electrons. The normalized spacial score (nSPS) is 16.6. The molecule has 1 aromatic carbocycles. The Labute approximate surface area is 188 Å². The van der Waals surface area contributed by atoms with Crippen molar-refractivity contribution in [1.82, 2.24) is 24.6 Å². The fourth-order valence-electron chi connectivity index (χ4n) is 4.75. The molecule has 1 fully saturated rings. The Balaban J connectivity index is 1.21. The average Bonchev–Trinajstić information content (AvgIpc) is 3.21. The van der Waals surface area contributed by atoms with Crippen LogP contribution in [0.2, 0.25) is 0 Å². The van der Waals surface area contributed by atoms with E-state index < -0.39 is 0 Å². The molecule has 2 aromatic heterocycles. The molecular weight excluding hydrogens is 404 g/mol. The quantitative estimate of drug-likeness (QED) is 0.615. The molecule has 8 nitrogen and oxygen atoms in total. The number of carbonyl (C=O) groups is 1. The first kappa shape index (κ1) is 20.9. The zero-order valence-electron chi connectivity index (χ0n) is 18.8. The number of hydrogen-bond acceptors (Lipinski definition) is 6. The number of anilines is 1. The van der Waals surface area contributed by atoms with Crippen molar-refractivity contribution in [3.8, 4) is 0 Å². The number of aryl methyl sites for hydroxylation is 1. The molecule has 8 heteroatoms. The molecule has 2 aliphatic rings. The molecule has 2 aliphatic heterocycles. The summed E-state index contributed by atoms with van der Waals surface area (Å²) in [6.45, 7) is 8.62. The van der Waals surface area contributed by atoms with Gasteiger partial charge in [0.1, 0.15) is 12.1 Å². The van der Waals surface area contributed by atoms with Crippen molar-refractivity contribution < 1.29 is 9.53 Å². The molecule has 0 unspecified atom stereocenters. The summed E-state index contributed by atoms with van der Waals surface area (Å²) in [7, 11) is 0. The van der Waals surface area contributed by atoms with E-state index in [9.17, 15) is 4.79 Å². The molecular formula is C24H30N6O2. The number of nitrogens with zero attached hydrogens (tertiary/aromatic N) is 6. The molecule has 32 heavy (non-hydrogen) atoms. The fraction of sp³-hybridized carbons (Fsp3) is 0.500. The zero-order valence-corrected chi connectivity index (χ0v) is 18.8. The van der Waals surface area contributed by atoms with Crippen LogP contribution in [0.3, 0.4) is 0 Å². The minimum atomic E-state index is 0.196. The van der Waals surface area contributed by atoms with E-state index in [1.807, 2.05) is 23.1 Å². The molecule has 3 aromatic rings. The van der Waals surface area contributed by atoms with Crippen LogP contribution >= 0.6 is 0 Å². The third kappa shape index (κ3) is 3.95. The minimum absolute atomic E-state index is 0.196. The number of fused-ring (bicyclic) bond motifs is 2. The highest BCUT2D eigenvalue weighted by molar-refractivity contribution is 5.89. The third-order valence-corrected chi connectivity index (χ3v) is 6.45. The number of ether oxygens (including phenoxy) is 1. The van der Waals surface area contributed by atoms with Crippen LogP contribution in [0.4, 0.5) is 5.82 Å². The number of amides is 1. The first-order chi connectivity index (χ1) is 15.6. The number of carbonyl (C=O) groups excluding carboxylic acids is 1. The van der Waals surface area contributed by atoms with Gasteiger partial charge in [-0.3, -0.25) is 9.48 Å². The van der Waals surface area contributed by atoms with Crippen molar-refractivity contribution in [1.29, 1.82) is 0 Å². The zero-order chi connectivity index (χ0) is 22.1. The lowest BCUT2D eigenvalue weighted by atomic mass is 10.1. The predicted molar refractivity (Wildman–Crippen MR) is 123 cm³/mol. The van der Waals surface area contributed by atoms with Gasteiger partial charge in [0, 0.05) is 68.1 Å². The molecule has 0 N–H and O–H groups in total. The molecule has 0 atom stereocenters. The summed E-state index contributed by atoms with van der Waals surface area (Å²) in [5.74, 6) is 1.15. The van der Waals surface area contributed by atoms with Gasteiger partial charge in [0.15, 0.2) is 0 Å². The molecule has 4 heterocycles. The van der Waals surface area contributed by atoms with Gasteiger partial charge in [0.25, 0.3) is 0 Å². The monoisotopic (exact) mass is 434 g/mol. The van der Waals surface area contributed by atoms with Crippen molar-refractivity contribution in [3.05, 3.63) is 47.5 Å². The summed E-state index contributed by atoms with van der Waals surface area (Å²) in [5, 5.41) is 5.89. The third-order valence-electron chi connectivity index (χ3n) is 6.45. The van der Waals surface area contributed by atoms with Gasteiger partial charge in [-0.05, 0) is 26.0 Å². The Morgan fingerprint density at radius 1 is 1.12 bits per heavy atom. The highest BCUT2D eigenvalue weighted by Gasteiger charge is 2.26. The van der Waals surface area contributed by atoms with Crippen LogP contribution in [0, 0.1) is 0 Å². The summed E-state index contributed by atoms with van der Waals surface area (Å²) >= 11 is 0. The molecule has 1 amide bonds. The van der Waals surface area contributed by atoms with Gasteiger partial charge in [-0.25, -0.2) is 9.97 Å². The molecule has 0 spiro atoms. The van der Waals surface area contributed by atoms with E-state index in [-0.39, 0.29) is 5.91 Å². The lowest BCUT2D eigenvalue weighted by Crippen LogP contribution is -2.49.